The highest BCUT2D eigenvalue weighted by molar-refractivity contribution is 5.88. The highest BCUT2D eigenvalue weighted by Crippen LogP contribution is 2.08. The number of aromatic carboxylic acids is 1. The summed E-state index contributed by atoms with van der Waals surface area (Å²) in [6, 6.07) is 3.03. The molecule has 0 saturated carbocycles. The molecule has 104 valence electrons. The molecular weight excluding hydrogens is 248 g/mol. The standard InChI is InChI=1S/C13H18N2O4/c1-8-10(11(16)17)6-5-9(15-8)7-14-12(18)19-13(2,3)4/h5-6H,7H2,1-4H3,(H,14,18)(H,16,17). The number of carboxylic acid groups (broad SMARTS) is 1. The molecule has 0 radical (unpaired) electrons. The SMILES string of the molecule is Cc1nc(CNC(=O)OC(C)(C)C)ccc1C(=O)O. The molecule has 6 heteroatoms. The van der Waals surface area contributed by atoms with Crippen molar-refractivity contribution in [1.29, 1.82) is 0 Å². The average molecular weight is 266 g/mol. The number of aryl methyl sites for hydroxylation is 1. The van der Waals surface area contributed by atoms with Crippen LogP contribution in [0.25, 0.3) is 0 Å². The van der Waals surface area contributed by atoms with Gasteiger partial charge >= 0.3 is 12.1 Å². The Hall–Kier alpha value is -2.11. The number of ether oxygens (including phenoxy) is 1. The second-order valence-corrected chi connectivity index (χ2v) is 5.10. The number of carbonyl (C=O) groups excluding carboxylic acids is 1. The predicted molar refractivity (Wildman–Crippen MR) is 69.0 cm³/mol. The third-order valence-corrected chi connectivity index (χ3v) is 2.19. The minimum atomic E-state index is -1.02. The predicted octanol–water partition coefficient (Wildman–Crippen LogP) is 2.11. The van der Waals surface area contributed by atoms with Gasteiger partial charge in [0.25, 0.3) is 0 Å². The molecule has 0 spiro atoms. The molecule has 6 nitrogen and oxygen atoms in total. The quantitative estimate of drug-likeness (QED) is 0.874. The van der Waals surface area contributed by atoms with Crippen molar-refractivity contribution in [2.24, 2.45) is 0 Å². The third-order valence-electron chi connectivity index (χ3n) is 2.19. The van der Waals surface area contributed by atoms with Gasteiger partial charge < -0.3 is 15.2 Å². The van der Waals surface area contributed by atoms with E-state index in [1.807, 2.05) is 0 Å². The largest absolute Gasteiger partial charge is 0.478 e. The first-order valence-corrected chi connectivity index (χ1v) is 5.86. The fourth-order valence-corrected chi connectivity index (χ4v) is 1.41. The smallest absolute Gasteiger partial charge is 0.407 e. The van der Waals surface area contributed by atoms with E-state index in [0.29, 0.717) is 11.4 Å². The van der Waals surface area contributed by atoms with Gasteiger partial charge in [-0.3, -0.25) is 4.98 Å². The van der Waals surface area contributed by atoms with Crippen LogP contribution in [0, 0.1) is 6.92 Å². The van der Waals surface area contributed by atoms with Crippen LogP contribution in [0.3, 0.4) is 0 Å². The second-order valence-electron chi connectivity index (χ2n) is 5.10. The van der Waals surface area contributed by atoms with Crippen LogP contribution in [0.4, 0.5) is 4.79 Å². The number of hydrogen-bond donors (Lipinski definition) is 2. The monoisotopic (exact) mass is 266 g/mol. The van der Waals surface area contributed by atoms with Crippen molar-refractivity contribution < 1.29 is 19.4 Å². The van der Waals surface area contributed by atoms with Crippen molar-refractivity contribution in [3.63, 3.8) is 0 Å². The van der Waals surface area contributed by atoms with Gasteiger partial charge in [-0.2, -0.15) is 0 Å². The molecule has 0 bridgehead atoms. The number of carbonyl (C=O) groups is 2. The van der Waals surface area contributed by atoms with Crippen molar-refractivity contribution in [2.45, 2.75) is 39.8 Å². The highest BCUT2D eigenvalue weighted by Gasteiger charge is 2.16. The van der Waals surface area contributed by atoms with Gasteiger partial charge in [-0.25, -0.2) is 9.59 Å². The van der Waals surface area contributed by atoms with Crippen molar-refractivity contribution in [2.75, 3.05) is 0 Å². The molecule has 1 rings (SSSR count). The second kappa shape index (κ2) is 5.69. The van der Waals surface area contributed by atoms with Crippen LogP contribution in [-0.4, -0.2) is 27.8 Å². The first-order chi connectivity index (χ1) is 8.69. The molecule has 0 aliphatic rings. The Kier molecular flexibility index (Phi) is 4.47. The first kappa shape index (κ1) is 14.9. The molecule has 0 aliphatic carbocycles. The van der Waals surface area contributed by atoms with Crippen LogP contribution in [0.15, 0.2) is 12.1 Å². The summed E-state index contributed by atoms with van der Waals surface area (Å²) in [5.74, 6) is -1.02. The molecule has 1 aromatic rings. The Morgan fingerprint density at radius 2 is 2.00 bits per heavy atom. The molecule has 0 unspecified atom stereocenters. The molecule has 1 aromatic heterocycles. The number of nitrogens with one attached hydrogen (secondary N) is 1. The van der Waals surface area contributed by atoms with Gasteiger partial charge in [0.05, 0.1) is 23.5 Å². The number of alkyl carbamates (subject to hydrolysis) is 1. The van der Waals surface area contributed by atoms with E-state index in [1.54, 1.807) is 33.8 Å². The Morgan fingerprint density at radius 1 is 1.37 bits per heavy atom. The zero-order valence-corrected chi connectivity index (χ0v) is 11.5. The van der Waals surface area contributed by atoms with E-state index in [2.05, 4.69) is 10.3 Å². The first-order valence-electron chi connectivity index (χ1n) is 5.86. The van der Waals surface area contributed by atoms with E-state index in [9.17, 15) is 9.59 Å². The number of amides is 1. The summed E-state index contributed by atoms with van der Waals surface area (Å²) in [6.07, 6.45) is -0.533. The molecule has 0 aromatic carbocycles. The summed E-state index contributed by atoms with van der Waals surface area (Å²) < 4.78 is 5.08. The maximum atomic E-state index is 11.4. The molecular formula is C13H18N2O4. The van der Waals surface area contributed by atoms with Crippen LogP contribution >= 0.6 is 0 Å². The summed E-state index contributed by atoms with van der Waals surface area (Å²) >= 11 is 0. The summed E-state index contributed by atoms with van der Waals surface area (Å²) in [5.41, 5.74) is 0.589. The molecule has 0 atom stereocenters. The van der Waals surface area contributed by atoms with E-state index in [-0.39, 0.29) is 12.1 Å². The number of aromatic nitrogens is 1. The van der Waals surface area contributed by atoms with E-state index in [1.165, 1.54) is 6.07 Å². The third kappa shape index (κ3) is 4.95. The van der Waals surface area contributed by atoms with E-state index >= 15 is 0 Å². The lowest BCUT2D eigenvalue weighted by molar-refractivity contribution is 0.0522. The van der Waals surface area contributed by atoms with Crippen LogP contribution in [-0.2, 0) is 11.3 Å². The lowest BCUT2D eigenvalue weighted by Crippen LogP contribution is -2.32. The van der Waals surface area contributed by atoms with E-state index in [0.717, 1.165) is 0 Å². The number of pyridine rings is 1. The Bertz CT molecular complexity index is 492. The zero-order chi connectivity index (χ0) is 14.6. The lowest BCUT2D eigenvalue weighted by Gasteiger charge is -2.19. The van der Waals surface area contributed by atoms with Crippen molar-refractivity contribution in [3.05, 3.63) is 29.1 Å². The highest BCUT2D eigenvalue weighted by atomic mass is 16.6. The van der Waals surface area contributed by atoms with Crippen LogP contribution in [0.5, 0.6) is 0 Å². The fourth-order valence-electron chi connectivity index (χ4n) is 1.41. The van der Waals surface area contributed by atoms with Gasteiger partial charge in [0.15, 0.2) is 0 Å². The maximum Gasteiger partial charge on any atom is 0.407 e. The summed E-state index contributed by atoms with van der Waals surface area (Å²) in [5, 5.41) is 11.4. The van der Waals surface area contributed by atoms with Crippen LogP contribution < -0.4 is 5.32 Å². The maximum absolute atomic E-state index is 11.4. The number of carboxylic acids is 1. The average Bonchev–Trinajstić information content (AvgIpc) is 2.23. The lowest BCUT2D eigenvalue weighted by atomic mass is 10.2. The topological polar surface area (TPSA) is 88.5 Å². The van der Waals surface area contributed by atoms with Gasteiger partial charge in [-0.1, -0.05) is 0 Å². The fraction of sp³-hybridized carbons (Fsp3) is 0.462. The molecule has 0 fully saturated rings. The van der Waals surface area contributed by atoms with Crippen LogP contribution in [0.2, 0.25) is 0 Å². The number of nitrogens with zero attached hydrogens (tertiary/aromatic N) is 1. The van der Waals surface area contributed by atoms with Gasteiger partial charge in [0.1, 0.15) is 5.60 Å². The molecule has 0 saturated heterocycles. The van der Waals surface area contributed by atoms with Crippen molar-refractivity contribution in [1.82, 2.24) is 10.3 Å². The minimum Gasteiger partial charge on any atom is -0.478 e. The van der Waals surface area contributed by atoms with E-state index in [4.69, 9.17) is 9.84 Å². The van der Waals surface area contributed by atoms with Crippen molar-refractivity contribution in [3.8, 4) is 0 Å². The molecule has 0 aliphatic heterocycles. The molecule has 19 heavy (non-hydrogen) atoms. The zero-order valence-electron chi connectivity index (χ0n) is 11.5. The Morgan fingerprint density at radius 3 is 2.47 bits per heavy atom. The molecule has 1 amide bonds. The molecule has 1 heterocycles. The van der Waals surface area contributed by atoms with E-state index < -0.39 is 17.7 Å². The van der Waals surface area contributed by atoms with Gasteiger partial charge in [0, 0.05) is 0 Å². The van der Waals surface area contributed by atoms with Crippen LogP contribution in [0.1, 0.15) is 42.5 Å². The normalized spacial score (nSPS) is 10.9. The number of hydrogen-bond acceptors (Lipinski definition) is 4. The summed E-state index contributed by atoms with van der Waals surface area (Å²) in [7, 11) is 0. The summed E-state index contributed by atoms with van der Waals surface area (Å²) in [6.45, 7) is 7.12. The van der Waals surface area contributed by atoms with Gasteiger partial charge in [-0.15, -0.1) is 0 Å². The van der Waals surface area contributed by atoms with Gasteiger partial charge in [-0.05, 0) is 39.8 Å². The van der Waals surface area contributed by atoms with Crippen molar-refractivity contribution >= 4 is 12.1 Å². The summed E-state index contributed by atoms with van der Waals surface area (Å²) in [4.78, 5) is 26.4. The Balaban J connectivity index is 2.62. The number of rotatable bonds is 3. The van der Waals surface area contributed by atoms with Gasteiger partial charge in [0.2, 0.25) is 0 Å². The minimum absolute atomic E-state index is 0.154. The molecule has 2 N–H and O–H groups in total. The Labute approximate surface area is 111 Å².